The first-order chi connectivity index (χ1) is 14.8. The van der Waals surface area contributed by atoms with Crippen LogP contribution in [0.3, 0.4) is 0 Å². The van der Waals surface area contributed by atoms with Gasteiger partial charge in [0.05, 0.1) is 30.3 Å². The van der Waals surface area contributed by atoms with Crippen LogP contribution in [0.5, 0.6) is 5.75 Å². The highest BCUT2D eigenvalue weighted by molar-refractivity contribution is 7.92. The number of methoxy groups -OCH3 is 1. The summed E-state index contributed by atoms with van der Waals surface area (Å²) >= 11 is 1.10. The summed E-state index contributed by atoms with van der Waals surface area (Å²) in [7, 11) is -2.24. The first-order valence-electron chi connectivity index (χ1n) is 9.56. The third-order valence-electron chi connectivity index (χ3n) is 4.67. The van der Waals surface area contributed by atoms with Crippen LogP contribution in [0.4, 0.5) is 11.4 Å². The molecule has 0 fully saturated rings. The van der Waals surface area contributed by atoms with Crippen LogP contribution in [0.15, 0.2) is 30.3 Å². The minimum Gasteiger partial charge on any atom is -0.492 e. The van der Waals surface area contributed by atoms with Crippen LogP contribution in [0.1, 0.15) is 46.4 Å². The first-order valence-corrected chi connectivity index (χ1v) is 12.3. The van der Waals surface area contributed by atoms with Crippen LogP contribution in [0.25, 0.3) is 10.1 Å². The predicted molar refractivity (Wildman–Crippen MR) is 127 cm³/mol. The fourth-order valence-corrected chi connectivity index (χ4v) is 4.83. The smallest absolute Gasteiger partial charge is 0.266 e. The van der Waals surface area contributed by atoms with Gasteiger partial charge in [-0.2, -0.15) is 0 Å². The van der Waals surface area contributed by atoms with Crippen molar-refractivity contribution >= 4 is 54.6 Å². The van der Waals surface area contributed by atoms with Gasteiger partial charge in [-0.1, -0.05) is 39.0 Å². The van der Waals surface area contributed by atoms with E-state index in [9.17, 15) is 18.0 Å². The lowest BCUT2D eigenvalue weighted by molar-refractivity contribution is 0.0981. The molecule has 1 heterocycles. The fourth-order valence-electron chi connectivity index (χ4n) is 3.21. The largest absolute Gasteiger partial charge is 0.492 e. The Morgan fingerprint density at radius 1 is 1.19 bits per heavy atom. The molecule has 0 saturated heterocycles. The van der Waals surface area contributed by atoms with Gasteiger partial charge in [-0.3, -0.25) is 14.3 Å². The zero-order valence-corrected chi connectivity index (χ0v) is 20.0. The summed E-state index contributed by atoms with van der Waals surface area (Å²) in [6.07, 6.45) is 1.03. The Morgan fingerprint density at radius 3 is 2.41 bits per heavy atom. The second-order valence-electron chi connectivity index (χ2n) is 8.27. The van der Waals surface area contributed by atoms with E-state index >= 15 is 0 Å². The minimum absolute atomic E-state index is 0.111. The number of benzene rings is 2. The number of nitrogens with two attached hydrogens (primary N) is 1. The molecule has 3 rings (SSSR count). The van der Waals surface area contributed by atoms with Gasteiger partial charge in [0.25, 0.3) is 11.8 Å². The van der Waals surface area contributed by atoms with E-state index in [1.54, 1.807) is 30.3 Å². The van der Waals surface area contributed by atoms with Crippen molar-refractivity contribution in [2.45, 2.75) is 26.2 Å². The quantitative estimate of drug-likeness (QED) is 0.502. The standard InChI is InChI=1S/C22H24N3O5S2/c1-22(2,3)12-10-14(18(30-4)15(11-12)25-32(5,28)29)24-21(27)19-17(20(23)26)13-8-6-7-9-16(13)31-19/h6-8,10-11,25H,1-5H3,(H2,23,26)(H,24,27). The van der Waals surface area contributed by atoms with Gasteiger partial charge in [-0.05, 0) is 23.1 Å². The highest BCUT2D eigenvalue weighted by Gasteiger charge is 2.26. The molecule has 0 bridgehead atoms. The van der Waals surface area contributed by atoms with Crippen LogP contribution >= 0.6 is 11.3 Å². The number of thiophene rings is 1. The second kappa shape index (κ2) is 8.44. The Kier molecular flexibility index (Phi) is 6.21. The Bertz CT molecular complexity index is 1320. The summed E-state index contributed by atoms with van der Waals surface area (Å²) in [6.45, 7) is 5.87. The molecular formula is C22H24N3O5S2. The molecule has 0 aliphatic heterocycles. The molecule has 32 heavy (non-hydrogen) atoms. The van der Waals surface area contributed by atoms with Crippen molar-refractivity contribution in [3.05, 3.63) is 52.4 Å². The van der Waals surface area contributed by atoms with Crippen LogP contribution in [0.2, 0.25) is 0 Å². The maximum Gasteiger partial charge on any atom is 0.266 e. The maximum absolute atomic E-state index is 13.2. The summed E-state index contributed by atoms with van der Waals surface area (Å²) in [4.78, 5) is 25.5. The molecule has 2 aromatic carbocycles. The van der Waals surface area contributed by atoms with E-state index in [4.69, 9.17) is 10.5 Å². The number of primary amides is 1. The zero-order valence-electron chi connectivity index (χ0n) is 18.3. The Morgan fingerprint density at radius 2 is 1.84 bits per heavy atom. The third-order valence-corrected chi connectivity index (χ3v) is 6.40. The summed E-state index contributed by atoms with van der Waals surface area (Å²) < 4.78 is 32.3. The molecule has 8 nitrogen and oxygen atoms in total. The minimum atomic E-state index is -3.61. The average molecular weight is 475 g/mol. The van der Waals surface area contributed by atoms with Crippen molar-refractivity contribution in [2.24, 2.45) is 5.73 Å². The van der Waals surface area contributed by atoms with E-state index in [0.29, 0.717) is 10.1 Å². The molecule has 169 valence electrons. The van der Waals surface area contributed by atoms with E-state index in [1.807, 2.05) is 20.8 Å². The Labute approximate surface area is 190 Å². The van der Waals surface area contributed by atoms with Gasteiger partial charge in [-0.15, -0.1) is 11.3 Å². The van der Waals surface area contributed by atoms with Gasteiger partial charge in [0.2, 0.25) is 10.0 Å². The van der Waals surface area contributed by atoms with Gasteiger partial charge in [0.15, 0.2) is 5.75 Å². The van der Waals surface area contributed by atoms with E-state index in [1.165, 1.54) is 7.11 Å². The van der Waals surface area contributed by atoms with E-state index < -0.39 is 21.8 Å². The zero-order chi connectivity index (χ0) is 23.8. The molecule has 10 heteroatoms. The molecule has 0 saturated carbocycles. The van der Waals surface area contributed by atoms with Gasteiger partial charge in [-0.25, -0.2) is 8.42 Å². The monoisotopic (exact) mass is 474 g/mol. The summed E-state index contributed by atoms with van der Waals surface area (Å²) in [5.74, 6) is -1.15. The number of hydrogen-bond donors (Lipinski definition) is 3. The maximum atomic E-state index is 13.2. The van der Waals surface area contributed by atoms with Crippen molar-refractivity contribution in [2.75, 3.05) is 23.4 Å². The molecule has 0 spiro atoms. The number of carbonyl (C=O) groups is 2. The van der Waals surface area contributed by atoms with Gasteiger partial charge >= 0.3 is 0 Å². The van der Waals surface area contributed by atoms with E-state index in [-0.39, 0.29) is 33.0 Å². The van der Waals surface area contributed by atoms with Gasteiger partial charge in [0, 0.05) is 16.2 Å². The molecule has 3 aromatic rings. The van der Waals surface area contributed by atoms with Crippen molar-refractivity contribution in [3.63, 3.8) is 0 Å². The molecule has 0 aliphatic rings. The fraction of sp³-hybridized carbons (Fsp3) is 0.273. The SMILES string of the molecule is COc1c(NC(=O)c2sc3[c]cccc3c2C(N)=O)cc(C(C)(C)C)cc1NS(C)(=O)=O. The van der Waals surface area contributed by atoms with Gasteiger partial charge in [0.1, 0.15) is 4.88 Å². The molecule has 0 unspecified atom stereocenters. The second-order valence-corrected chi connectivity index (χ2v) is 11.0. The molecule has 1 aromatic heterocycles. The van der Waals surface area contributed by atoms with Crippen LogP contribution < -0.4 is 20.5 Å². The molecule has 4 N–H and O–H groups in total. The predicted octanol–water partition coefficient (Wildman–Crippen LogP) is 3.73. The number of hydrogen-bond acceptors (Lipinski definition) is 6. The lowest BCUT2D eigenvalue weighted by atomic mass is 9.86. The summed E-state index contributed by atoms with van der Waals surface area (Å²) in [5.41, 5.74) is 6.53. The van der Waals surface area contributed by atoms with Crippen LogP contribution in [-0.4, -0.2) is 33.6 Å². The van der Waals surface area contributed by atoms with Crippen LogP contribution in [0, 0.1) is 6.07 Å². The number of fused-ring (bicyclic) bond motifs is 1. The number of anilines is 2. The molecular weight excluding hydrogens is 450 g/mol. The molecule has 0 atom stereocenters. The number of sulfonamides is 1. The number of ether oxygens (including phenoxy) is 1. The highest BCUT2D eigenvalue weighted by Crippen LogP contribution is 2.40. The molecule has 2 amide bonds. The lowest BCUT2D eigenvalue weighted by Crippen LogP contribution is -2.20. The van der Waals surface area contributed by atoms with Crippen molar-refractivity contribution < 1.29 is 22.7 Å². The molecule has 0 aliphatic carbocycles. The van der Waals surface area contributed by atoms with E-state index in [0.717, 1.165) is 23.2 Å². The number of amides is 2. The summed E-state index contributed by atoms with van der Waals surface area (Å²) in [5, 5.41) is 3.31. The first kappa shape index (κ1) is 23.6. The van der Waals surface area contributed by atoms with Crippen molar-refractivity contribution in [1.29, 1.82) is 0 Å². The average Bonchev–Trinajstić information content (AvgIpc) is 3.05. The normalized spacial score (nSPS) is 11.9. The Balaban J connectivity index is 2.15. The highest BCUT2D eigenvalue weighted by atomic mass is 32.2. The third kappa shape index (κ3) is 4.86. The summed E-state index contributed by atoms with van der Waals surface area (Å²) in [6, 6.07) is 11.5. The molecule has 1 radical (unpaired) electrons. The van der Waals surface area contributed by atoms with E-state index in [2.05, 4.69) is 16.1 Å². The lowest BCUT2D eigenvalue weighted by Gasteiger charge is -2.24. The number of rotatable bonds is 6. The van der Waals surface area contributed by atoms with Crippen molar-refractivity contribution in [3.8, 4) is 5.75 Å². The van der Waals surface area contributed by atoms with Crippen LogP contribution in [-0.2, 0) is 15.4 Å². The number of nitrogens with one attached hydrogen (secondary N) is 2. The van der Waals surface area contributed by atoms with Crippen molar-refractivity contribution in [1.82, 2.24) is 0 Å². The van der Waals surface area contributed by atoms with Gasteiger partial charge < -0.3 is 15.8 Å². The Hall–Kier alpha value is -3.11. The topological polar surface area (TPSA) is 128 Å². The number of carbonyl (C=O) groups excluding carboxylic acids is 2.